The number of rotatable bonds is 17. The number of unbranched alkanes of at least 4 members (excludes halogenated alkanes) is 3. The van der Waals surface area contributed by atoms with E-state index in [4.69, 9.17) is 4.74 Å². The number of hydrogen-bond acceptors (Lipinski definition) is 6. The van der Waals surface area contributed by atoms with Gasteiger partial charge in [0, 0.05) is 47.5 Å². The molecule has 3 unspecified atom stereocenters. The Balaban J connectivity index is 1.76. The van der Waals surface area contributed by atoms with Crippen LogP contribution in [0.3, 0.4) is 0 Å². The zero-order chi connectivity index (χ0) is 35.4. The number of alkyl halides is 1. The average molecular weight is 747 g/mol. The van der Waals surface area contributed by atoms with E-state index in [1.54, 1.807) is 28.8 Å². The van der Waals surface area contributed by atoms with Gasteiger partial charge in [-0.3, -0.25) is 14.4 Å². The molecule has 3 aliphatic rings. The number of thioether (sulfide) groups is 1. The molecule has 3 amide bonds. The fraction of sp³-hybridized carbons (Fsp3) is 0.658. The summed E-state index contributed by atoms with van der Waals surface area (Å²) in [6, 6.07) is 6.76. The van der Waals surface area contributed by atoms with Crippen LogP contribution >= 0.6 is 27.7 Å². The molecule has 1 spiro atoms. The molecule has 8 nitrogen and oxygen atoms in total. The molecule has 3 saturated heterocycles. The van der Waals surface area contributed by atoms with Crippen molar-refractivity contribution in [1.82, 2.24) is 9.80 Å². The lowest BCUT2D eigenvalue weighted by molar-refractivity contribution is -0.146. The number of aliphatic hydroxyl groups excluding tert-OH is 1. The predicted octanol–water partition coefficient (Wildman–Crippen LogP) is 6.85. The number of fused-ring (bicyclic) bond motifs is 1. The number of nitrogens with zero attached hydrogens (tertiary/aromatic N) is 3. The Labute approximate surface area is 300 Å². The second-order valence-electron chi connectivity index (χ2n) is 15.3. The summed E-state index contributed by atoms with van der Waals surface area (Å²) in [5, 5.41) is 9.16. The third kappa shape index (κ3) is 7.70. The van der Waals surface area contributed by atoms with Gasteiger partial charge in [0.15, 0.2) is 0 Å². The Kier molecular flexibility index (Phi) is 12.6. The van der Waals surface area contributed by atoms with E-state index in [0.29, 0.717) is 39.1 Å². The van der Waals surface area contributed by atoms with Crippen molar-refractivity contribution in [3.05, 3.63) is 49.6 Å². The smallest absolute Gasteiger partial charge is 0.247 e. The van der Waals surface area contributed by atoms with E-state index < -0.39 is 28.2 Å². The highest BCUT2D eigenvalue weighted by atomic mass is 79.9. The highest BCUT2D eigenvalue weighted by Crippen LogP contribution is 2.68. The van der Waals surface area contributed by atoms with E-state index >= 15 is 4.79 Å². The molecule has 266 valence electrons. The number of carbonyl (C=O) groups excluding carboxylic acids is 3. The minimum atomic E-state index is -0.742. The number of ether oxygens (including phenoxy) is 1. The van der Waals surface area contributed by atoms with Gasteiger partial charge in [-0.15, -0.1) is 24.9 Å². The zero-order valence-corrected chi connectivity index (χ0v) is 32.2. The second kappa shape index (κ2) is 15.7. The normalized spacial score (nSPS) is 26.4. The van der Waals surface area contributed by atoms with Crippen LogP contribution in [0.5, 0.6) is 5.75 Å². The first-order valence-electron chi connectivity index (χ1n) is 17.5. The third-order valence-corrected chi connectivity index (χ3v) is 13.1. The fourth-order valence-electron chi connectivity index (χ4n) is 8.51. The van der Waals surface area contributed by atoms with E-state index in [1.807, 2.05) is 41.0 Å². The van der Waals surface area contributed by atoms with Crippen molar-refractivity contribution >= 4 is 51.1 Å². The van der Waals surface area contributed by atoms with E-state index in [2.05, 4.69) is 63.7 Å². The molecule has 3 aliphatic heterocycles. The Bertz CT molecular complexity index is 1330. The number of amides is 3. The number of likely N-dealkylation sites (tertiary alicyclic amines) is 1. The maximum Gasteiger partial charge on any atom is 0.247 e. The topological polar surface area (TPSA) is 90.4 Å². The lowest BCUT2D eigenvalue weighted by Crippen LogP contribution is -2.60. The molecule has 1 aromatic carbocycles. The summed E-state index contributed by atoms with van der Waals surface area (Å²) in [6.45, 7) is 22.4. The largest absolute Gasteiger partial charge is 0.494 e. The second-order valence-corrected chi connectivity index (χ2v) is 18.0. The monoisotopic (exact) mass is 745 g/mol. The first kappa shape index (κ1) is 38.5. The molecule has 4 rings (SSSR count). The quantitative estimate of drug-likeness (QED) is 0.107. The van der Waals surface area contributed by atoms with Crippen molar-refractivity contribution < 1.29 is 24.2 Å². The Hall–Kier alpha value is -2.30. The number of halogens is 1. The van der Waals surface area contributed by atoms with Crippen molar-refractivity contribution in [3.63, 3.8) is 0 Å². The summed E-state index contributed by atoms with van der Waals surface area (Å²) in [5.41, 5.74) is 0.194. The lowest BCUT2D eigenvalue weighted by atomic mass is 9.70. The van der Waals surface area contributed by atoms with Gasteiger partial charge in [-0.25, -0.2) is 0 Å². The minimum Gasteiger partial charge on any atom is -0.494 e. The fourth-order valence-corrected chi connectivity index (χ4v) is 12.1. The average Bonchev–Trinajstić information content (AvgIpc) is 3.60. The highest BCUT2D eigenvalue weighted by Gasteiger charge is 2.76. The number of aliphatic hydroxyl groups is 1. The summed E-state index contributed by atoms with van der Waals surface area (Å²) in [6.07, 6.45) is 8.02. The Morgan fingerprint density at radius 2 is 1.71 bits per heavy atom. The number of anilines is 1. The maximum atomic E-state index is 15.1. The summed E-state index contributed by atoms with van der Waals surface area (Å²) < 4.78 is 4.89. The van der Waals surface area contributed by atoms with Crippen LogP contribution < -0.4 is 9.64 Å². The predicted molar refractivity (Wildman–Crippen MR) is 200 cm³/mol. The van der Waals surface area contributed by atoms with Gasteiger partial charge in [0.1, 0.15) is 11.8 Å². The summed E-state index contributed by atoms with van der Waals surface area (Å²) in [5.74, 6) is -0.772. The van der Waals surface area contributed by atoms with E-state index in [9.17, 15) is 14.7 Å². The minimum absolute atomic E-state index is 0.0262. The van der Waals surface area contributed by atoms with Gasteiger partial charge in [-0.1, -0.05) is 61.7 Å². The number of carbonyl (C=O) groups is 3. The van der Waals surface area contributed by atoms with Gasteiger partial charge in [0.05, 0.1) is 23.2 Å². The van der Waals surface area contributed by atoms with Gasteiger partial charge in [-0.2, -0.15) is 0 Å². The molecule has 10 heteroatoms. The molecular formula is C38H56BrN3O5S. The van der Waals surface area contributed by atoms with Crippen LogP contribution in [0.15, 0.2) is 49.6 Å². The summed E-state index contributed by atoms with van der Waals surface area (Å²) in [7, 11) is 0. The molecular weight excluding hydrogens is 690 g/mol. The van der Waals surface area contributed by atoms with E-state index in [0.717, 1.165) is 37.1 Å². The van der Waals surface area contributed by atoms with Gasteiger partial charge < -0.3 is 24.5 Å². The molecule has 6 atom stereocenters. The first-order valence-corrected chi connectivity index (χ1v) is 19.3. The SMILES string of the molecule is C=CCN(C(=O)[C@H]1[C@H]2C(=O)N(CCCCCCO)C(C(=O)N(CC=C)C(C)(C)CC(C)(C)C)C23CC(Br)[C@@H]1S3)c1ccc(OCC)cc1. The van der Waals surface area contributed by atoms with Crippen LogP contribution in [-0.4, -0.2) is 91.9 Å². The van der Waals surface area contributed by atoms with Gasteiger partial charge in [0.2, 0.25) is 17.7 Å². The molecule has 2 bridgehead atoms. The Morgan fingerprint density at radius 3 is 2.29 bits per heavy atom. The number of benzene rings is 1. The molecule has 1 N–H and O–H groups in total. The standard InChI is InChI=1S/C38H56BrN3O5S/c1-9-20-40(26-16-18-27(19-17-26)47-11-3)33(44)29-30-34(45)41(22-14-12-13-15-23-43)32(38(30)24-28(39)31(29)48-38)35(46)42(21-10-2)37(7,8)25-36(4,5)6/h9-10,16-19,28-32,43H,1-2,11-15,20-25H2,3-8H3/t28?,29-,30-,31-,32?,38?/m0/s1. The third-order valence-electron chi connectivity index (χ3n) is 9.92. The van der Waals surface area contributed by atoms with Crippen LogP contribution in [0.25, 0.3) is 0 Å². The van der Waals surface area contributed by atoms with Gasteiger partial charge in [0.25, 0.3) is 0 Å². The molecule has 3 heterocycles. The molecule has 0 saturated carbocycles. The van der Waals surface area contributed by atoms with Crippen LogP contribution in [-0.2, 0) is 14.4 Å². The lowest BCUT2D eigenvalue weighted by Gasteiger charge is -2.46. The van der Waals surface area contributed by atoms with Crippen molar-refractivity contribution in [2.45, 2.75) is 106 Å². The van der Waals surface area contributed by atoms with Crippen LogP contribution in [0.1, 0.15) is 80.1 Å². The molecule has 3 fully saturated rings. The molecule has 0 radical (unpaired) electrons. The highest BCUT2D eigenvalue weighted by molar-refractivity contribution is 9.09. The van der Waals surface area contributed by atoms with Crippen LogP contribution in [0.4, 0.5) is 5.69 Å². The summed E-state index contributed by atoms with van der Waals surface area (Å²) >= 11 is 5.60. The van der Waals surface area contributed by atoms with Crippen LogP contribution in [0.2, 0.25) is 0 Å². The van der Waals surface area contributed by atoms with Crippen molar-refractivity contribution in [2.24, 2.45) is 17.3 Å². The molecule has 48 heavy (non-hydrogen) atoms. The van der Waals surface area contributed by atoms with E-state index in [-0.39, 0.29) is 39.8 Å². The maximum absolute atomic E-state index is 15.1. The summed E-state index contributed by atoms with van der Waals surface area (Å²) in [4.78, 5) is 50.1. The Morgan fingerprint density at radius 1 is 1.06 bits per heavy atom. The van der Waals surface area contributed by atoms with Crippen LogP contribution in [0, 0.1) is 17.3 Å². The van der Waals surface area contributed by atoms with Crippen molar-refractivity contribution in [1.29, 1.82) is 0 Å². The van der Waals surface area contributed by atoms with Crippen molar-refractivity contribution in [3.8, 4) is 5.75 Å². The molecule has 0 aromatic heterocycles. The molecule has 0 aliphatic carbocycles. The zero-order valence-electron chi connectivity index (χ0n) is 29.8. The van der Waals surface area contributed by atoms with E-state index in [1.165, 1.54) is 0 Å². The molecule has 1 aromatic rings. The van der Waals surface area contributed by atoms with Gasteiger partial charge in [-0.05, 0) is 76.1 Å². The van der Waals surface area contributed by atoms with Crippen molar-refractivity contribution in [2.75, 3.05) is 37.7 Å². The number of hydrogen-bond donors (Lipinski definition) is 1. The first-order chi connectivity index (χ1) is 22.7. The van der Waals surface area contributed by atoms with Gasteiger partial charge >= 0.3 is 0 Å².